The molecule has 0 unspecified atom stereocenters. The molecule has 0 saturated carbocycles. The van der Waals surface area contributed by atoms with Crippen LogP contribution >= 0.6 is 0 Å². The van der Waals surface area contributed by atoms with Crippen molar-refractivity contribution in [1.29, 1.82) is 0 Å². The zero-order valence-electron chi connectivity index (χ0n) is 12.9. The molecule has 0 bridgehead atoms. The largest absolute Gasteiger partial charge is 0.478 e. The molecule has 0 radical (unpaired) electrons. The van der Waals surface area contributed by atoms with Gasteiger partial charge in [0.2, 0.25) is 0 Å². The predicted molar refractivity (Wildman–Crippen MR) is 80.4 cm³/mol. The molecule has 0 spiro atoms. The van der Waals surface area contributed by atoms with E-state index in [4.69, 9.17) is 5.11 Å². The smallest absolute Gasteiger partial charge is 0.335 e. The van der Waals surface area contributed by atoms with Gasteiger partial charge in [-0.3, -0.25) is 10.1 Å². The Kier molecular flexibility index (Phi) is 7.59. The lowest BCUT2D eigenvalue weighted by atomic mass is 9.86. The van der Waals surface area contributed by atoms with Gasteiger partial charge >= 0.3 is 5.97 Å². The molecule has 0 aromatic heterocycles. The van der Waals surface area contributed by atoms with Crippen molar-refractivity contribution in [2.75, 3.05) is 0 Å². The van der Waals surface area contributed by atoms with Crippen LogP contribution in [0.5, 0.6) is 0 Å². The highest BCUT2D eigenvalue weighted by molar-refractivity contribution is 5.87. The highest BCUT2D eigenvalue weighted by Gasteiger charge is 2.25. The van der Waals surface area contributed by atoms with Crippen molar-refractivity contribution in [3.8, 4) is 0 Å². The van der Waals surface area contributed by atoms with Gasteiger partial charge in [-0.15, -0.1) is 0 Å². The minimum absolute atomic E-state index is 0.0422. The van der Waals surface area contributed by atoms with Crippen LogP contribution in [0.25, 0.3) is 0 Å². The summed E-state index contributed by atoms with van der Waals surface area (Å²) in [7, 11) is 0. The molecular weight excluding hydrogens is 274 g/mol. The van der Waals surface area contributed by atoms with Crippen molar-refractivity contribution >= 4 is 11.7 Å². The van der Waals surface area contributed by atoms with Gasteiger partial charge in [-0.1, -0.05) is 27.7 Å². The maximum atomic E-state index is 10.3. The van der Waals surface area contributed by atoms with E-state index in [-0.39, 0.29) is 11.3 Å². The SMILES string of the molecule is CCC(O)(CC)C(C)C.O=C(O)c1ccc([N+](=O)[O-])cc1. The second-order valence-corrected chi connectivity index (χ2v) is 5.07. The van der Waals surface area contributed by atoms with E-state index in [2.05, 4.69) is 13.8 Å². The van der Waals surface area contributed by atoms with Crippen LogP contribution in [0.4, 0.5) is 5.69 Å². The first-order valence-electron chi connectivity index (χ1n) is 6.88. The summed E-state index contributed by atoms with van der Waals surface area (Å²) in [5.74, 6) is -0.711. The Balaban J connectivity index is 0.000000400. The van der Waals surface area contributed by atoms with Crippen LogP contribution in [-0.4, -0.2) is 26.7 Å². The Morgan fingerprint density at radius 3 is 1.86 bits per heavy atom. The average Bonchev–Trinajstić information content (AvgIpc) is 2.46. The van der Waals surface area contributed by atoms with Crippen LogP contribution < -0.4 is 0 Å². The molecule has 2 N–H and O–H groups in total. The van der Waals surface area contributed by atoms with E-state index in [1.54, 1.807) is 0 Å². The number of carboxylic acids is 1. The first kappa shape index (κ1) is 19.1. The Morgan fingerprint density at radius 1 is 1.24 bits per heavy atom. The second-order valence-electron chi connectivity index (χ2n) is 5.07. The van der Waals surface area contributed by atoms with Gasteiger partial charge in [-0.2, -0.15) is 0 Å². The quantitative estimate of drug-likeness (QED) is 0.640. The summed E-state index contributed by atoms with van der Waals surface area (Å²) in [6.07, 6.45) is 1.72. The van der Waals surface area contributed by atoms with E-state index >= 15 is 0 Å². The summed E-state index contributed by atoms with van der Waals surface area (Å²) in [4.78, 5) is 19.9. The third-order valence-electron chi connectivity index (χ3n) is 3.62. The standard InChI is InChI=1S/C8H18O.C7H5NO4/c1-5-8(9,6-2)7(3)4;9-7(10)5-1-3-6(4-2-5)8(11)12/h7,9H,5-6H2,1-4H3;1-4H,(H,9,10). The zero-order valence-corrected chi connectivity index (χ0v) is 12.9. The maximum Gasteiger partial charge on any atom is 0.335 e. The zero-order chi connectivity index (χ0) is 16.6. The van der Waals surface area contributed by atoms with Crippen LogP contribution in [0.1, 0.15) is 50.9 Å². The summed E-state index contributed by atoms with van der Waals surface area (Å²) in [6.45, 7) is 8.19. The van der Waals surface area contributed by atoms with E-state index in [9.17, 15) is 20.0 Å². The third-order valence-corrected chi connectivity index (χ3v) is 3.62. The van der Waals surface area contributed by atoms with Gasteiger partial charge in [0.25, 0.3) is 5.69 Å². The summed E-state index contributed by atoms with van der Waals surface area (Å²) in [5, 5.41) is 28.3. The van der Waals surface area contributed by atoms with Crippen molar-refractivity contribution in [2.24, 2.45) is 5.92 Å². The number of rotatable bonds is 5. The summed E-state index contributed by atoms with van der Waals surface area (Å²) in [6, 6.07) is 4.70. The minimum Gasteiger partial charge on any atom is -0.478 e. The van der Waals surface area contributed by atoms with E-state index in [0.29, 0.717) is 5.92 Å². The fourth-order valence-electron chi connectivity index (χ4n) is 1.79. The summed E-state index contributed by atoms with van der Waals surface area (Å²) in [5.41, 5.74) is -0.486. The van der Waals surface area contributed by atoms with Crippen molar-refractivity contribution in [2.45, 2.75) is 46.1 Å². The van der Waals surface area contributed by atoms with E-state index in [1.807, 2.05) is 13.8 Å². The molecule has 0 atom stereocenters. The number of aliphatic hydroxyl groups is 1. The molecule has 6 heteroatoms. The number of nitro groups is 1. The number of non-ortho nitro benzene ring substituents is 1. The average molecular weight is 297 g/mol. The molecule has 0 aliphatic rings. The molecule has 0 amide bonds. The first-order chi connectivity index (χ1) is 9.67. The molecule has 118 valence electrons. The summed E-state index contributed by atoms with van der Waals surface area (Å²) >= 11 is 0. The van der Waals surface area contributed by atoms with Gasteiger partial charge in [-0.05, 0) is 30.9 Å². The van der Waals surface area contributed by atoms with Crippen LogP contribution in [0.2, 0.25) is 0 Å². The van der Waals surface area contributed by atoms with Gasteiger partial charge in [0.1, 0.15) is 0 Å². The molecule has 0 heterocycles. The molecule has 1 aromatic carbocycles. The number of hydrogen-bond acceptors (Lipinski definition) is 4. The Hall–Kier alpha value is -1.95. The number of hydrogen-bond donors (Lipinski definition) is 2. The second kappa shape index (κ2) is 8.36. The lowest BCUT2D eigenvalue weighted by Gasteiger charge is -2.29. The normalized spacial score (nSPS) is 10.8. The van der Waals surface area contributed by atoms with Crippen molar-refractivity contribution in [3.63, 3.8) is 0 Å². The van der Waals surface area contributed by atoms with Gasteiger partial charge in [-0.25, -0.2) is 4.79 Å². The van der Waals surface area contributed by atoms with E-state index in [0.717, 1.165) is 25.0 Å². The highest BCUT2D eigenvalue weighted by atomic mass is 16.6. The Labute approximate surface area is 124 Å². The molecule has 1 aromatic rings. The fraction of sp³-hybridized carbons (Fsp3) is 0.533. The molecule has 0 aliphatic carbocycles. The number of nitro benzene ring substituents is 1. The van der Waals surface area contributed by atoms with Crippen LogP contribution in [-0.2, 0) is 0 Å². The number of carbonyl (C=O) groups is 1. The first-order valence-corrected chi connectivity index (χ1v) is 6.88. The summed E-state index contributed by atoms with van der Waals surface area (Å²) < 4.78 is 0. The third kappa shape index (κ3) is 5.91. The Morgan fingerprint density at radius 2 is 1.67 bits per heavy atom. The van der Waals surface area contributed by atoms with Crippen molar-refractivity contribution in [1.82, 2.24) is 0 Å². The van der Waals surface area contributed by atoms with Crippen LogP contribution in [0.3, 0.4) is 0 Å². The Bertz CT molecular complexity index is 430. The van der Waals surface area contributed by atoms with Crippen molar-refractivity contribution < 1.29 is 19.9 Å². The number of benzene rings is 1. The lowest BCUT2D eigenvalue weighted by Crippen LogP contribution is -2.32. The predicted octanol–water partition coefficient (Wildman–Crippen LogP) is 3.49. The van der Waals surface area contributed by atoms with Gasteiger partial charge in [0.15, 0.2) is 0 Å². The molecule has 6 nitrogen and oxygen atoms in total. The van der Waals surface area contributed by atoms with Crippen LogP contribution in [0, 0.1) is 16.0 Å². The number of nitrogens with zero attached hydrogens (tertiary/aromatic N) is 1. The molecule has 0 fully saturated rings. The van der Waals surface area contributed by atoms with Crippen LogP contribution in [0.15, 0.2) is 24.3 Å². The number of aromatic carboxylic acids is 1. The van der Waals surface area contributed by atoms with E-state index < -0.39 is 16.5 Å². The van der Waals surface area contributed by atoms with Gasteiger partial charge in [0, 0.05) is 12.1 Å². The lowest BCUT2D eigenvalue weighted by molar-refractivity contribution is -0.384. The fourth-order valence-corrected chi connectivity index (χ4v) is 1.79. The van der Waals surface area contributed by atoms with Crippen molar-refractivity contribution in [3.05, 3.63) is 39.9 Å². The van der Waals surface area contributed by atoms with Gasteiger partial charge in [0.05, 0.1) is 16.1 Å². The topological polar surface area (TPSA) is 101 Å². The molecule has 0 aliphatic heterocycles. The number of carboxylic acid groups (broad SMARTS) is 1. The molecular formula is C15H23NO5. The highest BCUT2D eigenvalue weighted by Crippen LogP contribution is 2.23. The molecule has 0 saturated heterocycles. The molecule has 1 rings (SSSR count). The monoisotopic (exact) mass is 297 g/mol. The maximum absolute atomic E-state index is 10.3. The molecule has 21 heavy (non-hydrogen) atoms. The van der Waals surface area contributed by atoms with E-state index in [1.165, 1.54) is 12.1 Å². The van der Waals surface area contributed by atoms with Gasteiger partial charge < -0.3 is 10.2 Å². The minimum atomic E-state index is -1.09.